The Hall–Kier alpha value is -0.0100. The Bertz CT molecular complexity index is 509. The molecule has 0 amide bonds. The molecule has 102 valence electrons. The Morgan fingerprint density at radius 3 is 2.72 bits per heavy atom. The van der Waals surface area contributed by atoms with E-state index in [1.54, 1.807) is 11.8 Å². The lowest BCUT2D eigenvalue weighted by atomic mass is 10.3. The highest BCUT2D eigenvalue weighted by atomic mass is 35.5. The third-order valence-corrected chi connectivity index (χ3v) is 5.08. The van der Waals surface area contributed by atoms with Crippen molar-refractivity contribution in [2.45, 2.75) is 24.3 Å². The third kappa shape index (κ3) is 4.59. The minimum Gasteiger partial charge on any atom is -0.242 e. The molecule has 1 aromatic rings. The van der Waals surface area contributed by atoms with Crippen molar-refractivity contribution in [3.8, 4) is 0 Å². The van der Waals surface area contributed by atoms with E-state index in [1.165, 1.54) is 12.3 Å². The summed E-state index contributed by atoms with van der Waals surface area (Å²) in [5.41, 5.74) is 0. The molecule has 8 heteroatoms. The summed E-state index contributed by atoms with van der Waals surface area (Å²) in [4.78, 5) is 3.75. The lowest BCUT2D eigenvalue weighted by Crippen LogP contribution is -2.33. The maximum Gasteiger partial charge on any atom is 0.242 e. The van der Waals surface area contributed by atoms with Gasteiger partial charge in [0, 0.05) is 12.2 Å². The lowest BCUT2D eigenvalue weighted by Gasteiger charge is -2.13. The van der Waals surface area contributed by atoms with Gasteiger partial charge in [0.2, 0.25) is 10.0 Å². The van der Waals surface area contributed by atoms with Crippen molar-refractivity contribution in [1.29, 1.82) is 0 Å². The molecule has 0 spiro atoms. The van der Waals surface area contributed by atoms with Crippen LogP contribution in [-0.4, -0.2) is 31.5 Å². The van der Waals surface area contributed by atoms with E-state index in [0.29, 0.717) is 0 Å². The van der Waals surface area contributed by atoms with Crippen LogP contribution in [0.2, 0.25) is 10.2 Å². The fraction of sp³-hybridized carbons (Fsp3) is 0.500. The van der Waals surface area contributed by atoms with Crippen LogP contribution in [0.25, 0.3) is 0 Å². The second-order valence-electron chi connectivity index (χ2n) is 3.75. The topological polar surface area (TPSA) is 59.1 Å². The van der Waals surface area contributed by atoms with Crippen LogP contribution in [0.5, 0.6) is 0 Å². The largest absolute Gasteiger partial charge is 0.242 e. The molecule has 18 heavy (non-hydrogen) atoms. The van der Waals surface area contributed by atoms with Crippen LogP contribution in [0.15, 0.2) is 17.2 Å². The van der Waals surface area contributed by atoms with Crippen LogP contribution < -0.4 is 4.72 Å². The van der Waals surface area contributed by atoms with E-state index in [2.05, 4.69) is 9.71 Å². The molecule has 1 atom stereocenters. The van der Waals surface area contributed by atoms with E-state index in [1.807, 2.05) is 13.2 Å². The van der Waals surface area contributed by atoms with E-state index in [0.717, 1.165) is 12.2 Å². The fourth-order valence-electron chi connectivity index (χ4n) is 1.24. The highest BCUT2D eigenvalue weighted by molar-refractivity contribution is 7.98. The van der Waals surface area contributed by atoms with E-state index >= 15 is 0 Å². The highest BCUT2D eigenvalue weighted by Crippen LogP contribution is 2.22. The van der Waals surface area contributed by atoms with Crippen LogP contribution in [0, 0.1) is 0 Å². The van der Waals surface area contributed by atoms with Crippen molar-refractivity contribution in [3.05, 3.63) is 22.4 Å². The zero-order chi connectivity index (χ0) is 13.8. The molecular formula is C10H14Cl2N2O2S2. The first-order valence-electron chi connectivity index (χ1n) is 5.19. The van der Waals surface area contributed by atoms with Gasteiger partial charge in [-0.1, -0.05) is 23.2 Å². The van der Waals surface area contributed by atoms with Crippen LogP contribution in [0.4, 0.5) is 0 Å². The first-order chi connectivity index (χ1) is 8.36. The summed E-state index contributed by atoms with van der Waals surface area (Å²) in [7, 11) is -3.59. The molecule has 0 saturated carbocycles. The van der Waals surface area contributed by atoms with E-state index < -0.39 is 10.0 Å². The standard InChI is InChI=1S/C10H14Cl2N2O2S2/c1-7(3-4-17-2)14-18(15,16)8-5-9(11)10(12)13-6-8/h5-7,14H,3-4H2,1-2H3. The lowest BCUT2D eigenvalue weighted by molar-refractivity contribution is 0.556. The Morgan fingerprint density at radius 2 is 2.17 bits per heavy atom. The average molecular weight is 329 g/mol. The smallest absolute Gasteiger partial charge is 0.242 e. The van der Waals surface area contributed by atoms with E-state index in [-0.39, 0.29) is 21.1 Å². The number of hydrogen-bond donors (Lipinski definition) is 1. The number of halogens is 2. The zero-order valence-electron chi connectivity index (χ0n) is 9.98. The number of hydrogen-bond acceptors (Lipinski definition) is 4. The molecule has 0 fully saturated rings. The Kier molecular flexibility index (Phi) is 6.20. The minimum absolute atomic E-state index is 0.0212. The molecule has 1 rings (SSSR count). The fourth-order valence-corrected chi connectivity index (χ4v) is 3.41. The molecule has 1 heterocycles. The van der Waals surface area contributed by atoms with E-state index in [9.17, 15) is 8.42 Å². The SMILES string of the molecule is CSCCC(C)NS(=O)(=O)c1cnc(Cl)c(Cl)c1. The summed E-state index contributed by atoms with van der Waals surface area (Å²) in [6, 6.07) is 1.15. The number of aromatic nitrogens is 1. The first kappa shape index (κ1) is 16.0. The second kappa shape index (κ2) is 6.96. The maximum absolute atomic E-state index is 12.0. The predicted molar refractivity (Wildman–Crippen MR) is 77.0 cm³/mol. The van der Waals surface area contributed by atoms with Crippen LogP contribution in [-0.2, 0) is 10.0 Å². The van der Waals surface area contributed by atoms with Gasteiger partial charge in [0.15, 0.2) is 0 Å². The normalized spacial score (nSPS) is 13.6. The van der Waals surface area contributed by atoms with Crippen LogP contribution >= 0.6 is 35.0 Å². The summed E-state index contributed by atoms with van der Waals surface area (Å²) in [5, 5.41) is 0.211. The molecule has 0 saturated heterocycles. The number of nitrogens with one attached hydrogen (secondary N) is 1. The monoisotopic (exact) mass is 328 g/mol. The molecule has 0 bridgehead atoms. The van der Waals surface area contributed by atoms with Gasteiger partial charge in [-0.05, 0) is 31.4 Å². The van der Waals surface area contributed by atoms with Crippen molar-refractivity contribution in [1.82, 2.24) is 9.71 Å². The van der Waals surface area contributed by atoms with Gasteiger partial charge in [-0.2, -0.15) is 11.8 Å². The number of pyridine rings is 1. The summed E-state index contributed by atoms with van der Waals surface area (Å²) < 4.78 is 26.6. The average Bonchev–Trinajstić information content (AvgIpc) is 2.29. The van der Waals surface area contributed by atoms with Crippen LogP contribution in [0.3, 0.4) is 0 Å². The minimum atomic E-state index is -3.59. The van der Waals surface area contributed by atoms with Gasteiger partial charge in [-0.3, -0.25) is 0 Å². The molecule has 0 aliphatic heterocycles. The number of sulfonamides is 1. The Balaban J connectivity index is 2.83. The summed E-state index contributed by atoms with van der Waals surface area (Å²) in [6.07, 6.45) is 3.93. The van der Waals surface area contributed by atoms with Crippen molar-refractivity contribution in [2.75, 3.05) is 12.0 Å². The van der Waals surface area contributed by atoms with Gasteiger partial charge in [0.1, 0.15) is 10.0 Å². The van der Waals surface area contributed by atoms with Gasteiger partial charge in [0.25, 0.3) is 0 Å². The van der Waals surface area contributed by atoms with Gasteiger partial charge < -0.3 is 0 Å². The molecule has 0 aromatic carbocycles. The van der Waals surface area contributed by atoms with Crippen molar-refractivity contribution in [2.24, 2.45) is 0 Å². The predicted octanol–water partition coefficient (Wildman–Crippen LogP) is 2.81. The van der Waals surface area contributed by atoms with Gasteiger partial charge >= 0.3 is 0 Å². The van der Waals surface area contributed by atoms with E-state index in [4.69, 9.17) is 23.2 Å². The third-order valence-electron chi connectivity index (χ3n) is 2.19. The molecule has 1 aromatic heterocycles. The highest BCUT2D eigenvalue weighted by Gasteiger charge is 2.18. The van der Waals surface area contributed by atoms with Crippen molar-refractivity contribution in [3.63, 3.8) is 0 Å². The first-order valence-corrected chi connectivity index (χ1v) is 8.82. The number of thioether (sulfide) groups is 1. The molecule has 0 aliphatic carbocycles. The summed E-state index contributed by atoms with van der Waals surface area (Å²) >= 11 is 13.1. The zero-order valence-corrected chi connectivity index (χ0v) is 13.1. The molecule has 1 unspecified atom stereocenters. The quantitative estimate of drug-likeness (QED) is 0.816. The second-order valence-corrected chi connectivity index (χ2v) is 7.21. The molecule has 0 radical (unpaired) electrons. The summed E-state index contributed by atoms with van der Waals surface area (Å²) in [6.45, 7) is 1.82. The van der Waals surface area contributed by atoms with Crippen molar-refractivity contribution < 1.29 is 8.42 Å². The molecular weight excluding hydrogens is 315 g/mol. The molecule has 1 N–H and O–H groups in total. The van der Waals surface area contributed by atoms with Gasteiger partial charge in [-0.15, -0.1) is 0 Å². The van der Waals surface area contributed by atoms with Crippen LogP contribution in [0.1, 0.15) is 13.3 Å². The van der Waals surface area contributed by atoms with Crippen molar-refractivity contribution >= 4 is 45.0 Å². The molecule has 0 aliphatic rings. The van der Waals surface area contributed by atoms with Gasteiger partial charge in [-0.25, -0.2) is 18.1 Å². The number of rotatable bonds is 6. The Morgan fingerprint density at radius 1 is 1.50 bits per heavy atom. The Labute approximate surface area is 122 Å². The van der Waals surface area contributed by atoms with Gasteiger partial charge in [0.05, 0.1) is 5.02 Å². The molecule has 4 nitrogen and oxygen atoms in total. The summed E-state index contributed by atoms with van der Waals surface area (Å²) in [5.74, 6) is 0.892. The maximum atomic E-state index is 12.0. The number of nitrogens with zero attached hydrogens (tertiary/aromatic N) is 1.